The molecule has 18 heavy (non-hydrogen) atoms. The molecule has 1 fully saturated rings. The third-order valence-electron chi connectivity index (χ3n) is 3.73. The Hall–Kier alpha value is -0.750. The quantitative estimate of drug-likeness (QED) is 0.668. The summed E-state index contributed by atoms with van der Waals surface area (Å²) in [6.07, 6.45) is 5.33. The van der Waals surface area contributed by atoms with Gasteiger partial charge in [0, 0.05) is 6.42 Å². The van der Waals surface area contributed by atoms with Crippen LogP contribution >= 0.6 is 0 Å². The molecular weight excluding hydrogens is 240 g/mol. The van der Waals surface area contributed by atoms with Crippen LogP contribution in [-0.2, 0) is 4.79 Å². The van der Waals surface area contributed by atoms with E-state index < -0.39 is 19.0 Å². The molecule has 0 saturated heterocycles. The van der Waals surface area contributed by atoms with E-state index in [0.29, 0.717) is 6.54 Å². The Kier molecular flexibility index (Phi) is 5.47. The van der Waals surface area contributed by atoms with Crippen LogP contribution in [0.3, 0.4) is 0 Å². The summed E-state index contributed by atoms with van der Waals surface area (Å²) in [4.78, 5) is 11.7. The van der Waals surface area contributed by atoms with Gasteiger partial charge in [-0.1, -0.05) is 19.3 Å². The van der Waals surface area contributed by atoms with E-state index in [1.165, 1.54) is 0 Å². The molecule has 0 unspecified atom stereocenters. The number of carbonyl (C=O) groups excluding carboxylic acids is 1. The van der Waals surface area contributed by atoms with Gasteiger partial charge in [0.1, 0.15) is 0 Å². The maximum Gasteiger partial charge on any atom is 0.277 e. The zero-order chi connectivity index (χ0) is 13.6. The summed E-state index contributed by atoms with van der Waals surface area (Å²) in [6.45, 7) is -1.01. The molecule has 0 aliphatic heterocycles. The van der Waals surface area contributed by atoms with Crippen molar-refractivity contribution in [2.24, 2.45) is 16.9 Å². The maximum absolute atomic E-state index is 12.9. The van der Waals surface area contributed by atoms with E-state index in [0.717, 1.165) is 32.1 Å². The molecule has 1 rings (SSSR count). The first-order valence-electron chi connectivity index (χ1n) is 6.48. The van der Waals surface area contributed by atoms with Crippen LogP contribution in [0.1, 0.15) is 38.5 Å². The summed E-state index contributed by atoms with van der Waals surface area (Å²) in [6, 6.07) is 0. The highest BCUT2D eigenvalue weighted by atomic mass is 19.3. The molecule has 5 N–H and O–H groups in total. The zero-order valence-electron chi connectivity index (χ0n) is 10.7. The number of rotatable bonds is 6. The maximum atomic E-state index is 12.9. The van der Waals surface area contributed by atoms with Crippen molar-refractivity contribution in [3.05, 3.63) is 0 Å². The van der Waals surface area contributed by atoms with Crippen LogP contribution in [0.15, 0.2) is 0 Å². The minimum atomic E-state index is -3.03. The fourth-order valence-electron chi connectivity index (χ4n) is 2.46. The van der Waals surface area contributed by atoms with Gasteiger partial charge in [0.05, 0.1) is 13.1 Å². The van der Waals surface area contributed by atoms with Gasteiger partial charge >= 0.3 is 0 Å². The minimum Gasteiger partial charge on any atom is -0.350 e. The molecule has 0 atom stereocenters. The molecule has 0 radical (unpaired) electrons. The Labute approximate surface area is 106 Å². The molecule has 0 spiro atoms. The van der Waals surface area contributed by atoms with E-state index in [-0.39, 0.29) is 17.7 Å². The monoisotopic (exact) mass is 263 g/mol. The van der Waals surface area contributed by atoms with E-state index in [9.17, 15) is 13.6 Å². The van der Waals surface area contributed by atoms with Crippen molar-refractivity contribution in [2.75, 3.05) is 19.6 Å². The number of nitrogens with one attached hydrogen (secondary N) is 1. The molecule has 0 aromatic rings. The Balaban J connectivity index is 2.42. The van der Waals surface area contributed by atoms with Crippen molar-refractivity contribution >= 4 is 5.91 Å². The second kappa shape index (κ2) is 6.43. The zero-order valence-corrected chi connectivity index (χ0v) is 10.7. The largest absolute Gasteiger partial charge is 0.350 e. The average molecular weight is 263 g/mol. The highest BCUT2D eigenvalue weighted by Crippen LogP contribution is 2.38. The van der Waals surface area contributed by atoms with E-state index in [2.05, 4.69) is 5.32 Å². The van der Waals surface area contributed by atoms with Crippen molar-refractivity contribution in [3.8, 4) is 0 Å². The second-order valence-corrected chi connectivity index (χ2v) is 5.28. The lowest BCUT2D eigenvalue weighted by molar-refractivity contribution is -0.125. The third-order valence-corrected chi connectivity index (χ3v) is 3.73. The van der Waals surface area contributed by atoms with Crippen LogP contribution < -0.4 is 16.8 Å². The van der Waals surface area contributed by atoms with Gasteiger partial charge in [-0.15, -0.1) is 0 Å². The lowest BCUT2D eigenvalue weighted by atomic mass is 9.71. The number of amides is 1. The molecular formula is C12H23F2N3O. The number of nitrogens with two attached hydrogens (primary N) is 2. The lowest BCUT2D eigenvalue weighted by Crippen LogP contribution is -2.44. The van der Waals surface area contributed by atoms with Crippen molar-refractivity contribution < 1.29 is 13.6 Å². The van der Waals surface area contributed by atoms with E-state index >= 15 is 0 Å². The first-order chi connectivity index (χ1) is 8.43. The summed E-state index contributed by atoms with van der Waals surface area (Å²) >= 11 is 0. The van der Waals surface area contributed by atoms with Crippen LogP contribution in [0.4, 0.5) is 8.78 Å². The van der Waals surface area contributed by atoms with Gasteiger partial charge in [0.25, 0.3) is 5.92 Å². The average Bonchev–Trinajstić information content (AvgIpc) is 2.38. The van der Waals surface area contributed by atoms with Gasteiger partial charge < -0.3 is 16.8 Å². The first kappa shape index (κ1) is 15.3. The summed E-state index contributed by atoms with van der Waals surface area (Å²) in [5.74, 6) is -3.38. The van der Waals surface area contributed by atoms with E-state index in [1.807, 2.05) is 0 Å². The molecule has 0 aromatic carbocycles. The molecule has 0 aromatic heterocycles. The smallest absolute Gasteiger partial charge is 0.277 e. The first-order valence-corrected chi connectivity index (χ1v) is 6.48. The third kappa shape index (κ3) is 4.49. The van der Waals surface area contributed by atoms with Crippen LogP contribution in [-0.4, -0.2) is 31.5 Å². The molecule has 0 heterocycles. The number of carbonyl (C=O) groups is 1. The van der Waals surface area contributed by atoms with Gasteiger partial charge in [-0.3, -0.25) is 4.79 Å². The van der Waals surface area contributed by atoms with Gasteiger partial charge in [-0.25, -0.2) is 8.78 Å². The van der Waals surface area contributed by atoms with Gasteiger partial charge in [-0.2, -0.15) is 0 Å². The molecule has 0 bridgehead atoms. The highest BCUT2D eigenvalue weighted by molar-refractivity contribution is 5.76. The van der Waals surface area contributed by atoms with Gasteiger partial charge in [-0.05, 0) is 24.8 Å². The lowest BCUT2D eigenvalue weighted by Gasteiger charge is -2.35. The molecule has 106 valence electrons. The van der Waals surface area contributed by atoms with Gasteiger partial charge in [0.15, 0.2) is 0 Å². The molecule has 1 aliphatic rings. The normalized spacial score (nSPS) is 19.6. The van der Waals surface area contributed by atoms with E-state index in [4.69, 9.17) is 11.5 Å². The van der Waals surface area contributed by atoms with Gasteiger partial charge in [0.2, 0.25) is 5.91 Å². The molecule has 6 heteroatoms. The molecule has 4 nitrogen and oxygen atoms in total. The number of hydrogen-bond donors (Lipinski definition) is 3. The summed E-state index contributed by atoms with van der Waals surface area (Å²) in [5, 5.41) is 2.26. The summed E-state index contributed by atoms with van der Waals surface area (Å²) in [5.41, 5.74) is 10.5. The van der Waals surface area contributed by atoms with Crippen molar-refractivity contribution in [1.29, 1.82) is 0 Å². The van der Waals surface area contributed by atoms with Crippen LogP contribution in [0.25, 0.3) is 0 Å². The van der Waals surface area contributed by atoms with Crippen LogP contribution in [0.2, 0.25) is 0 Å². The minimum absolute atomic E-state index is 0.194. The summed E-state index contributed by atoms with van der Waals surface area (Å²) < 4.78 is 25.8. The number of halogens is 2. The van der Waals surface area contributed by atoms with Crippen molar-refractivity contribution in [2.45, 2.75) is 44.4 Å². The topological polar surface area (TPSA) is 81.1 Å². The van der Waals surface area contributed by atoms with Crippen LogP contribution in [0.5, 0.6) is 0 Å². The van der Waals surface area contributed by atoms with E-state index in [1.54, 1.807) is 0 Å². The Morgan fingerprint density at radius 3 is 2.33 bits per heavy atom. The van der Waals surface area contributed by atoms with Crippen molar-refractivity contribution in [1.82, 2.24) is 5.32 Å². The standard InChI is InChI=1S/C12H23F2N3O/c13-12(14,8-16)9-17-10(18)6-11(7-15)4-2-1-3-5-11/h1-9,15-16H2,(H,17,18). The van der Waals surface area contributed by atoms with Crippen molar-refractivity contribution in [3.63, 3.8) is 0 Å². The summed E-state index contributed by atoms with van der Waals surface area (Å²) in [7, 11) is 0. The van der Waals surface area contributed by atoms with Crippen LogP contribution in [0, 0.1) is 5.41 Å². The predicted octanol–water partition coefficient (Wildman–Crippen LogP) is 0.996. The predicted molar refractivity (Wildman–Crippen MR) is 66.2 cm³/mol. The Bertz CT molecular complexity index is 278. The Morgan fingerprint density at radius 2 is 1.83 bits per heavy atom. The molecule has 1 saturated carbocycles. The number of alkyl halides is 2. The SMILES string of the molecule is NCC(F)(F)CNC(=O)CC1(CN)CCCCC1. The molecule has 1 aliphatic carbocycles. The highest BCUT2D eigenvalue weighted by Gasteiger charge is 2.34. The second-order valence-electron chi connectivity index (χ2n) is 5.28. The number of hydrogen-bond acceptors (Lipinski definition) is 3. The molecule has 1 amide bonds. The fourth-order valence-corrected chi connectivity index (χ4v) is 2.46. The Morgan fingerprint density at radius 1 is 1.22 bits per heavy atom. The fraction of sp³-hybridized carbons (Fsp3) is 0.917.